The highest BCUT2D eigenvalue weighted by Gasteiger charge is 2.32. The summed E-state index contributed by atoms with van der Waals surface area (Å²) in [6.45, 7) is 6.24. The van der Waals surface area contributed by atoms with Crippen molar-refractivity contribution in [3.05, 3.63) is 77.0 Å². The number of hydrogen-bond acceptors (Lipinski definition) is 3. The summed E-state index contributed by atoms with van der Waals surface area (Å²) in [7, 11) is 0. The molecule has 1 aromatic heterocycles. The summed E-state index contributed by atoms with van der Waals surface area (Å²) in [5.74, 6) is 0.615. The second kappa shape index (κ2) is 10.7. The van der Waals surface area contributed by atoms with Crippen molar-refractivity contribution in [3.8, 4) is 0 Å². The molecule has 5 heteroatoms. The molecule has 186 valence electrons. The van der Waals surface area contributed by atoms with Crippen LogP contribution in [0.3, 0.4) is 0 Å². The van der Waals surface area contributed by atoms with Gasteiger partial charge in [-0.1, -0.05) is 62.4 Å². The molecule has 1 N–H and O–H groups in total. The monoisotopic (exact) mass is 481 g/mol. The van der Waals surface area contributed by atoms with Crippen LogP contribution in [0.15, 0.2) is 54.6 Å². The van der Waals surface area contributed by atoms with Gasteiger partial charge >= 0.3 is 0 Å². The number of nitrogens with one attached hydrogen (secondary N) is 1. The van der Waals surface area contributed by atoms with Gasteiger partial charge < -0.3 is 10.2 Å². The maximum absolute atomic E-state index is 14.1. The normalized spacial score (nSPS) is 19.3. The molecule has 0 radical (unpaired) electrons. The first kappa shape index (κ1) is 24.2. The van der Waals surface area contributed by atoms with Crippen molar-refractivity contribution in [3.63, 3.8) is 0 Å². The van der Waals surface area contributed by atoms with Gasteiger partial charge in [0.2, 0.25) is 5.91 Å². The average Bonchev–Trinajstić information content (AvgIpc) is 2.91. The fourth-order valence-electron chi connectivity index (χ4n) is 5.63. The lowest BCUT2D eigenvalue weighted by Crippen LogP contribution is -2.43. The highest BCUT2D eigenvalue weighted by Crippen LogP contribution is 2.39. The molecule has 3 aromatic rings. The Balaban J connectivity index is 1.51. The van der Waals surface area contributed by atoms with Crippen LogP contribution >= 0.6 is 0 Å². The average molecular weight is 482 g/mol. The van der Waals surface area contributed by atoms with Crippen molar-refractivity contribution in [1.29, 1.82) is 0 Å². The van der Waals surface area contributed by atoms with Gasteiger partial charge in [0.25, 0.3) is 5.91 Å². The lowest BCUT2D eigenvalue weighted by Gasteiger charge is -2.33. The van der Waals surface area contributed by atoms with Gasteiger partial charge in [-0.05, 0) is 66.9 Å². The first-order chi connectivity index (χ1) is 17.5. The summed E-state index contributed by atoms with van der Waals surface area (Å²) in [6.07, 6.45) is 6.37. The van der Waals surface area contributed by atoms with Gasteiger partial charge in [-0.3, -0.25) is 9.59 Å². The van der Waals surface area contributed by atoms with Gasteiger partial charge in [0, 0.05) is 30.9 Å². The number of carbonyl (C=O) groups excluding carboxylic acids is 2. The van der Waals surface area contributed by atoms with E-state index in [1.165, 1.54) is 5.57 Å². The van der Waals surface area contributed by atoms with Crippen LogP contribution in [0.4, 0.5) is 0 Å². The quantitative estimate of drug-likeness (QED) is 0.506. The maximum atomic E-state index is 14.1. The van der Waals surface area contributed by atoms with Gasteiger partial charge in [0.05, 0.1) is 16.8 Å². The summed E-state index contributed by atoms with van der Waals surface area (Å²) < 4.78 is 0. The molecule has 0 bridgehead atoms. The van der Waals surface area contributed by atoms with E-state index in [2.05, 4.69) is 49.5 Å². The van der Waals surface area contributed by atoms with Crippen LogP contribution in [0.2, 0.25) is 0 Å². The Bertz CT molecular complexity index is 1290. The molecule has 1 fully saturated rings. The zero-order chi connectivity index (χ0) is 25.1. The number of piperidine rings is 1. The van der Waals surface area contributed by atoms with Crippen LogP contribution in [0.1, 0.15) is 66.7 Å². The van der Waals surface area contributed by atoms with E-state index in [4.69, 9.17) is 4.98 Å². The van der Waals surface area contributed by atoms with Crippen LogP contribution in [-0.2, 0) is 11.2 Å². The van der Waals surface area contributed by atoms with Crippen molar-refractivity contribution in [1.82, 2.24) is 15.2 Å². The highest BCUT2D eigenvalue weighted by molar-refractivity contribution is 6.09. The van der Waals surface area contributed by atoms with Crippen LogP contribution in [-0.4, -0.2) is 41.3 Å². The second-order valence-electron chi connectivity index (χ2n) is 10.3. The van der Waals surface area contributed by atoms with E-state index >= 15 is 0 Å². The Labute approximate surface area is 213 Å². The molecule has 1 aliphatic heterocycles. The Morgan fingerprint density at radius 3 is 2.50 bits per heavy atom. The Morgan fingerprint density at radius 2 is 1.75 bits per heavy atom. The van der Waals surface area contributed by atoms with Gasteiger partial charge in [0.15, 0.2) is 0 Å². The molecule has 1 aliphatic carbocycles. The number of hydrogen-bond donors (Lipinski definition) is 1. The number of allylic oxidation sites excluding steroid dienone is 1. The molecule has 1 unspecified atom stereocenters. The van der Waals surface area contributed by atoms with E-state index < -0.39 is 0 Å². The molecule has 2 amide bonds. The van der Waals surface area contributed by atoms with E-state index in [-0.39, 0.29) is 17.7 Å². The largest absolute Gasteiger partial charge is 0.356 e. The lowest BCUT2D eigenvalue weighted by atomic mass is 9.80. The Hall–Kier alpha value is -3.47. The highest BCUT2D eigenvalue weighted by atomic mass is 16.2. The van der Waals surface area contributed by atoms with Crippen molar-refractivity contribution in [2.75, 3.05) is 19.6 Å². The van der Waals surface area contributed by atoms with Crippen molar-refractivity contribution in [2.45, 2.75) is 46.0 Å². The minimum absolute atomic E-state index is 0.0101. The number of pyridine rings is 1. The Morgan fingerprint density at radius 1 is 1.03 bits per heavy atom. The first-order valence-corrected chi connectivity index (χ1v) is 13.3. The van der Waals surface area contributed by atoms with Gasteiger partial charge in [-0.15, -0.1) is 0 Å². The summed E-state index contributed by atoms with van der Waals surface area (Å²) in [4.78, 5) is 33.6. The standard InChI is InChI=1S/C31H35N3O2/c1-3-15-32-30(35)23-13-16-34(17-14-23)31(36)28-25-11-7-8-12-27(25)33-29-24(18-21(2)19-26(28)29)20-22-9-5-4-6-10-22/h4-12,20-21,23H,3,13-19H2,1-2H3,(H,32,35)/b24-20-. The van der Waals surface area contributed by atoms with Crippen molar-refractivity contribution < 1.29 is 9.59 Å². The third-order valence-corrected chi connectivity index (χ3v) is 7.47. The summed E-state index contributed by atoms with van der Waals surface area (Å²) in [5, 5.41) is 3.94. The van der Waals surface area contributed by atoms with E-state index in [0.29, 0.717) is 38.4 Å². The number of likely N-dealkylation sites (tertiary alicyclic amines) is 1. The fraction of sp³-hybridized carbons (Fsp3) is 0.387. The number of carbonyl (C=O) groups is 2. The molecule has 1 atom stereocenters. The van der Waals surface area contributed by atoms with Gasteiger partial charge in [0.1, 0.15) is 0 Å². The third kappa shape index (κ3) is 4.92. The molecule has 5 nitrogen and oxygen atoms in total. The van der Waals surface area contributed by atoms with E-state index in [0.717, 1.165) is 52.5 Å². The smallest absolute Gasteiger partial charge is 0.254 e. The Kier molecular flexibility index (Phi) is 7.17. The molecule has 2 heterocycles. The predicted octanol–water partition coefficient (Wildman–Crippen LogP) is 5.74. The van der Waals surface area contributed by atoms with E-state index in [1.807, 2.05) is 35.2 Å². The lowest BCUT2D eigenvalue weighted by molar-refractivity contribution is -0.126. The zero-order valence-corrected chi connectivity index (χ0v) is 21.3. The minimum atomic E-state index is -0.0101. The molecule has 2 aromatic carbocycles. The summed E-state index contributed by atoms with van der Waals surface area (Å²) in [5.41, 5.74) is 6.05. The second-order valence-corrected chi connectivity index (χ2v) is 10.3. The minimum Gasteiger partial charge on any atom is -0.356 e. The number of fused-ring (bicyclic) bond motifs is 2. The number of para-hydroxylation sites is 1. The van der Waals surface area contributed by atoms with Crippen LogP contribution in [0, 0.1) is 11.8 Å². The fourth-order valence-corrected chi connectivity index (χ4v) is 5.63. The topological polar surface area (TPSA) is 62.3 Å². The molecule has 0 spiro atoms. The number of benzene rings is 2. The van der Waals surface area contributed by atoms with Crippen LogP contribution < -0.4 is 5.32 Å². The van der Waals surface area contributed by atoms with Crippen molar-refractivity contribution in [2.24, 2.45) is 11.8 Å². The molecular weight excluding hydrogens is 446 g/mol. The number of nitrogens with zero attached hydrogens (tertiary/aromatic N) is 2. The summed E-state index contributed by atoms with van der Waals surface area (Å²) in [6, 6.07) is 18.4. The maximum Gasteiger partial charge on any atom is 0.254 e. The molecule has 36 heavy (non-hydrogen) atoms. The van der Waals surface area contributed by atoms with Crippen molar-refractivity contribution >= 4 is 34.4 Å². The predicted molar refractivity (Wildman–Crippen MR) is 145 cm³/mol. The zero-order valence-electron chi connectivity index (χ0n) is 21.3. The van der Waals surface area contributed by atoms with Crippen LogP contribution in [0.5, 0.6) is 0 Å². The first-order valence-electron chi connectivity index (χ1n) is 13.3. The number of aromatic nitrogens is 1. The van der Waals surface area contributed by atoms with Crippen LogP contribution in [0.25, 0.3) is 22.6 Å². The summed E-state index contributed by atoms with van der Waals surface area (Å²) >= 11 is 0. The molecule has 5 rings (SSSR count). The molecular formula is C31H35N3O2. The molecule has 2 aliphatic rings. The SMILES string of the molecule is CCCNC(=O)C1CCN(C(=O)c2c3c(nc4ccccc24)/C(=C\c2ccccc2)CC(C)C3)CC1. The molecule has 0 saturated carbocycles. The number of amides is 2. The number of rotatable bonds is 5. The van der Waals surface area contributed by atoms with Gasteiger partial charge in [-0.25, -0.2) is 4.98 Å². The van der Waals surface area contributed by atoms with E-state index in [9.17, 15) is 9.59 Å². The molecule has 1 saturated heterocycles. The van der Waals surface area contributed by atoms with Gasteiger partial charge in [-0.2, -0.15) is 0 Å². The third-order valence-electron chi connectivity index (χ3n) is 7.47. The van der Waals surface area contributed by atoms with E-state index in [1.54, 1.807) is 0 Å².